The quantitative estimate of drug-likeness (QED) is 0.531. The van der Waals surface area contributed by atoms with Crippen LogP contribution in [0.5, 0.6) is 0 Å². The van der Waals surface area contributed by atoms with E-state index in [0.717, 1.165) is 31.5 Å². The predicted octanol–water partition coefficient (Wildman–Crippen LogP) is 4.80. The lowest BCUT2D eigenvalue weighted by molar-refractivity contribution is -0.159. The minimum atomic E-state index is -0.792. The molecule has 1 fully saturated rings. The molecule has 2 aliphatic carbocycles. The molecule has 0 radical (unpaired) electrons. The summed E-state index contributed by atoms with van der Waals surface area (Å²) in [6.45, 7) is 12.2. The molecule has 1 aromatic rings. The van der Waals surface area contributed by atoms with Gasteiger partial charge >= 0.3 is 5.97 Å². The third kappa shape index (κ3) is 4.78. The number of hydrogen-bond acceptors (Lipinski definition) is 5. The zero-order chi connectivity index (χ0) is 21.3. The van der Waals surface area contributed by atoms with Crippen molar-refractivity contribution in [2.75, 3.05) is 13.6 Å². The number of hydrogen-bond donors (Lipinski definition) is 1. The van der Waals surface area contributed by atoms with Crippen LogP contribution in [0.1, 0.15) is 57.4 Å². The van der Waals surface area contributed by atoms with E-state index >= 15 is 0 Å². The molecule has 6 atom stereocenters. The van der Waals surface area contributed by atoms with Crippen molar-refractivity contribution < 1.29 is 14.6 Å². The fraction of sp³-hybridized carbons (Fsp3) is 0.708. The average Bonchev–Trinajstić information content (AvgIpc) is 3.02. The highest BCUT2D eigenvalue weighted by Crippen LogP contribution is 2.51. The Morgan fingerprint density at radius 3 is 2.76 bits per heavy atom. The van der Waals surface area contributed by atoms with E-state index in [1.54, 1.807) is 0 Å². The number of fused-ring (bicyclic) bond motifs is 1. The molecule has 29 heavy (non-hydrogen) atoms. The molecule has 0 aliphatic heterocycles. The molecule has 1 saturated carbocycles. The van der Waals surface area contributed by atoms with E-state index in [1.807, 2.05) is 18.3 Å². The first-order chi connectivity index (χ1) is 13.6. The van der Waals surface area contributed by atoms with Crippen molar-refractivity contribution in [3.63, 3.8) is 0 Å². The highest BCUT2D eigenvalue weighted by atomic mass is 32.1. The molecule has 5 heteroatoms. The number of aliphatic hydroxyl groups is 1. The van der Waals surface area contributed by atoms with E-state index in [0.29, 0.717) is 18.3 Å². The van der Waals surface area contributed by atoms with Crippen molar-refractivity contribution >= 4 is 17.3 Å². The summed E-state index contributed by atoms with van der Waals surface area (Å²) in [5.41, 5.74) is 1.67. The van der Waals surface area contributed by atoms with Gasteiger partial charge in [-0.25, -0.2) is 0 Å². The summed E-state index contributed by atoms with van der Waals surface area (Å²) in [4.78, 5) is 15.4. The van der Waals surface area contributed by atoms with E-state index in [9.17, 15) is 9.90 Å². The molecule has 0 spiro atoms. The van der Waals surface area contributed by atoms with Crippen LogP contribution >= 0.6 is 11.3 Å². The molecule has 1 aromatic heterocycles. The van der Waals surface area contributed by atoms with Crippen LogP contribution in [0.3, 0.4) is 0 Å². The Hall–Kier alpha value is -1.17. The number of thiophene rings is 1. The molecule has 162 valence electrons. The summed E-state index contributed by atoms with van der Waals surface area (Å²) in [7, 11) is 2.20. The molecule has 0 amide bonds. The van der Waals surface area contributed by atoms with Gasteiger partial charge in [-0.3, -0.25) is 4.79 Å². The van der Waals surface area contributed by atoms with Gasteiger partial charge in [-0.2, -0.15) is 0 Å². The first-order valence-corrected chi connectivity index (χ1v) is 11.8. The van der Waals surface area contributed by atoms with Gasteiger partial charge in [0.05, 0.1) is 5.60 Å². The van der Waals surface area contributed by atoms with Crippen molar-refractivity contribution in [3.05, 3.63) is 33.5 Å². The Morgan fingerprint density at radius 2 is 2.14 bits per heavy atom. The molecule has 2 aliphatic rings. The Kier molecular flexibility index (Phi) is 6.91. The van der Waals surface area contributed by atoms with Crippen LogP contribution in [-0.4, -0.2) is 41.3 Å². The Balaban J connectivity index is 1.74. The first-order valence-electron chi connectivity index (χ1n) is 10.9. The van der Waals surface area contributed by atoms with Crippen molar-refractivity contribution in [2.45, 2.75) is 72.1 Å². The lowest BCUT2D eigenvalue weighted by atomic mass is 9.57. The van der Waals surface area contributed by atoms with Gasteiger partial charge in [-0.15, -0.1) is 11.3 Å². The van der Waals surface area contributed by atoms with E-state index in [1.165, 1.54) is 17.4 Å². The Labute approximate surface area is 179 Å². The second kappa shape index (κ2) is 8.91. The number of aryl methyl sites for hydroxylation is 1. The number of ether oxygens (including phenoxy) is 1. The van der Waals surface area contributed by atoms with E-state index in [-0.39, 0.29) is 23.9 Å². The predicted molar refractivity (Wildman–Crippen MR) is 119 cm³/mol. The number of carbonyl (C=O) groups is 1. The molecular formula is C24H37NO3S. The molecular weight excluding hydrogens is 382 g/mol. The lowest BCUT2D eigenvalue weighted by Gasteiger charge is -2.53. The molecule has 4 nitrogen and oxygen atoms in total. The van der Waals surface area contributed by atoms with Crippen molar-refractivity contribution in [1.82, 2.24) is 4.90 Å². The van der Waals surface area contributed by atoms with Crippen LogP contribution in [0.4, 0.5) is 0 Å². The normalized spacial score (nSPS) is 33.2. The van der Waals surface area contributed by atoms with Gasteiger partial charge in [-0.05, 0) is 74.1 Å². The zero-order valence-corrected chi connectivity index (χ0v) is 19.6. The fourth-order valence-corrected chi connectivity index (χ4v) is 6.49. The summed E-state index contributed by atoms with van der Waals surface area (Å²) in [5.74, 6) is 0.994. The number of nitrogens with zero attached hydrogens (tertiary/aromatic N) is 1. The smallest absolute Gasteiger partial charge is 0.303 e. The fourth-order valence-electron chi connectivity index (χ4n) is 5.50. The highest BCUT2D eigenvalue weighted by molar-refractivity contribution is 7.10. The molecule has 1 unspecified atom stereocenters. The number of esters is 1. The molecule has 0 saturated heterocycles. The van der Waals surface area contributed by atoms with Crippen LogP contribution in [0.25, 0.3) is 0 Å². The summed E-state index contributed by atoms with van der Waals surface area (Å²) in [6, 6.07) is 2.19. The Morgan fingerprint density at radius 1 is 1.41 bits per heavy atom. The number of carbonyl (C=O) groups excluding carboxylic acids is 1. The van der Waals surface area contributed by atoms with Gasteiger partial charge in [0.1, 0.15) is 6.10 Å². The zero-order valence-electron chi connectivity index (χ0n) is 18.8. The number of rotatable bonds is 6. The molecule has 0 bridgehead atoms. The second-order valence-electron chi connectivity index (χ2n) is 9.57. The van der Waals surface area contributed by atoms with Crippen LogP contribution < -0.4 is 0 Å². The summed E-state index contributed by atoms with van der Waals surface area (Å²) < 4.78 is 5.52. The molecule has 1 N–H and O–H groups in total. The van der Waals surface area contributed by atoms with Gasteiger partial charge in [0.15, 0.2) is 0 Å². The van der Waals surface area contributed by atoms with Gasteiger partial charge < -0.3 is 14.7 Å². The first kappa shape index (κ1) is 22.5. The van der Waals surface area contributed by atoms with E-state index in [2.05, 4.69) is 50.2 Å². The third-order valence-corrected chi connectivity index (χ3v) is 8.32. The summed E-state index contributed by atoms with van der Waals surface area (Å²) in [6.07, 6.45) is 4.61. The van der Waals surface area contributed by atoms with Gasteiger partial charge in [0, 0.05) is 37.2 Å². The largest absolute Gasteiger partial charge is 0.458 e. The standard InChI is InChI=1S/C24H37NO3S/c1-15-9-10-29-23(15)14-25(6)13-17(3)20-8-7-18(4)24(27)12-22(28-19(5)26)16(2)11-21(20)24/h9-11,17-18,20-22,27H,7-8,12-14H2,1-6H3/t17?,18-,20+,21-,22-,24-/m1/s1. The third-order valence-electron chi connectivity index (χ3n) is 7.31. The van der Waals surface area contributed by atoms with Crippen LogP contribution in [0.15, 0.2) is 23.1 Å². The molecule has 3 rings (SSSR count). The maximum absolute atomic E-state index is 11.7. The van der Waals surface area contributed by atoms with E-state index < -0.39 is 5.60 Å². The molecule has 0 aromatic carbocycles. The minimum Gasteiger partial charge on any atom is -0.458 e. The summed E-state index contributed by atoms with van der Waals surface area (Å²) in [5, 5.41) is 13.9. The Bertz CT molecular complexity index is 757. The van der Waals surface area contributed by atoms with Gasteiger partial charge in [0.2, 0.25) is 0 Å². The average molecular weight is 420 g/mol. The monoisotopic (exact) mass is 419 g/mol. The van der Waals surface area contributed by atoms with Gasteiger partial charge in [0.25, 0.3) is 0 Å². The summed E-state index contributed by atoms with van der Waals surface area (Å²) >= 11 is 1.83. The van der Waals surface area contributed by atoms with Crippen LogP contribution in [0.2, 0.25) is 0 Å². The topological polar surface area (TPSA) is 49.8 Å². The SMILES string of the molecule is CC(=O)O[C@@H]1C[C@@]2(O)[C@H](C)CC[C@@H](C(C)CN(C)Cc3sccc3C)[C@H]2C=C1C. The van der Waals surface area contributed by atoms with E-state index in [4.69, 9.17) is 4.74 Å². The maximum Gasteiger partial charge on any atom is 0.303 e. The van der Waals surface area contributed by atoms with Crippen molar-refractivity contribution in [1.29, 1.82) is 0 Å². The maximum atomic E-state index is 11.7. The second-order valence-corrected chi connectivity index (χ2v) is 10.6. The molecule has 1 heterocycles. The van der Waals surface area contributed by atoms with Crippen LogP contribution in [0, 0.1) is 30.6 Å². The van der Waals surface area contributed by atoms with Crippen LogP contribution in [-0.2, 0) is 16.1 Å². The van der Waals surface area contributed by atoms with Crippen molar-refractivity contribution in [3.8, 4) is 0 Å². The highest BCUT2D eigenvalue weighted by Gasteiger charge is 2.52. The van der Waals surface area contributed by atoms with Crippen molar-refractivity contribution in [2.24, 2.45) is 23.7 Å². The lowest BCUT2D eigenvalue weighted by Crippen LogP contribution is -2.56. The van der Waals surface area contributed by atoms with Gasteiger partial charge in [-0.1, -0.05) is 19.9 Å². The minimum absolute atomic E-state index is 0.130.